The monoisotopic (exact) mass is 242 g/mol. The quantitative estimate of drug-likeness (QED) is 0.481. The standard InChI is InChI=1S/C14H14N2O2/c1-9(17)18-14-8-11(4-7-13(14)16)10-2-5-12(15)6-3-10/h2-8H,15-16H2,1H3. The van der Waals surface area contributed by atoms with E-state index in [4.69, 9.17) is 16.2 Å². The second-order valence-corrected chi connectivity index (χ2v) is 3.97. The van der Waals surface area contributed by atoms with Crippen molar-refractivity contribution in [3.63, 3.8) is 0 Å². The van der Waals surface area contributed by atoms with Crippen molar-refractivity contribution < 1.29 is 9.53 Å². The van der Waals surface area contributed by atoms with Gasteiger partial charge in [0.05, 0.1) is 5.69 Å². The van der Waals surface area contributed by atoms with Crippen molar-refractivity contribution in [3.05, 3.63) is 42.5 Å². The van der Waals surface area contributed by atoms with Crippen molar-refractivity contribution in [1.82, 2.24) is 0 Å². The van der Waals surface area contributed by atoms with Gasteiger partial charge in [-0.3, -0.25) is 4.79 Å². The zero-order chi connectivity index (χ0) is 13.1. The van der Waals surface area contributed by atoms with Gasteiger partial charge in [-0.05, 0) is 35.4 Å². The van der Waals surface area contributed by atoms with Crippen LogP contribution >= 0.6 is 0 Å². The molecule has 0 bridgehead atoms. The fourth-order valence-electron chi connectivity index (χ4n) is 1.63. The molecule has 2 aromatic rings. The van der Waals surface area contributed by atoms with Crippen molar-refractivity contribution >= 4 is 17.3 Å². The van der Waals surface area contributed by atoms with Crippen LogP contribution in [0.5, 0.6) is 5.75 Å². The van der Waals surface area contributed by atoms with Crippen LogP contribution in [0.25, 0.3) is 11.1 Å². The van der Waals surface area contributed by atoms with E-state index >= 15 is 0 Å². The Morgan fingerprint density at radius 1 is 1.00 bits per heavy atom. The van der Waals surface area contributed by atoms with Gasteiger partial charge in [-0.1, -0.05) is 18.2 Å². The topological polar surface area (TPSA) is 78.3 Å². The number of hydrogen-bond acceptors (Lipinski definition) is 4. The van der Waals surface area contributed by atoms with Gasteiger partial charge in [0.1, 0.15) is 0 Å². The lowest BCUT2D eigenvalue weighted by atomic mass is 10.0. The van der Waals surface area contributed by atoms with E-state index in [-0.39, 0.29) is 0 Å². The third-order valence-electron chi connectivity index (χ3n) is 2.51. The van der Waals surface area contributed by atoms with E-state index in [1.54, 1.807) is 12.1 Å². The van der Waals surface area contributed by atoms with Gasteiger partial charge in [0.2, 0.25) is 0 Å². The SMILES string of the molecule is CC(=O)Oc1cc(-c2ccc(N)cc2)ccc1N. The summed E-state index contributed by atoms with van der Waals surface area (Å²) in [7, 11) is 0. The fraction of sp³-hybridized carbons (Fsp3) is 0.0714. The Morgan fingerprint density at radius 3 is 2.22 bits per heavy atom. The van der Waals surface area contributed by atoms with Crippen molar-refractivity contribution in [2.75, 3.05) is 11.5 Å². The average molecular weight is 242 g/mol. The molecule has 0 heterocycles. The Bertz CT molecular complexity index is 577. The highest BCUT2D eigenvalue weighted by molar-refractivity contribution is 5.76. The summed E-state index contributed by atoms with van der Waals surface area (Å²) >= 11 is 0. The summed E-state index contributed by atoms with van der Waals surface area (Å²) < 4.78 is 5.04. The number of anilines is 2. The molecule has 18 heavy (non-hydrogen) atoms. The number of benzene rings is 2. The smallest absolute Gasteiger partial charge is 0.308 e. The van der Waals surface area contributed by atoms with Gasteiger partial charge in [-0.15, -0.1) is 0 Å². The Labute approximate surface area is 105 Å². The number of nitrogen functional groups attached to an aromatic ring is 2. The number of carbonyl (C=O) groups excluding carboxylic acids is 1. The van der Waals surface area contributed by atoms with Crippen LogP contribution in [0.1, 0.15) is 6.92 Å². The third-order valence-corrected chi connectivity index (χ3v) is 2.51. The number of esters is 1. The first-order valence-electron chi connectivity index (χ1n) is 5.50. The van der Waals surface area contributed by atoms with E-state index in [9.17, 15) is 4.79 Å². The van der Waals surface area contributed by atoms with Crippen LogP contribution in [0.15, 0.2) is 42.5 Å². The van der Waals surface area contributed by atoms with E-state index in [1.165, 1.54) is 6.92 Å². The third kappa shape index (κ3) is 2.60. The molecule has 0 atom stereocenters. The zero-order valence-electron chi connectivity index (χ0n) is 10.0. The van der Waals surface area contributed by atoms with Crippen LogP contribution in [-0.4, -0.2) is 5.97 Å². The summed E-state index contributed by atoms with van der Waals surface area (Å²) in [4.78, 5) is 11.0. The molecule has 0 saturated carbocycles. The van der Waals surface area contributed by atoms with Gasteiger partial charge in [0.25, 0.3) is 0 Å². The van der Waals surface area contributed by atoms with Crippen LogP contribution in [0.2, 0.25) is 0 Å². The van der Waals surface area contributed by atoms with E-state index < -0.39 is 5.97 Å². The van der Waals surface area contributed by atoms with Gasteiger partial charge in [0, 0.05) is 12.6 Å². The first-order chi connectivity index (χ1) is 8.56. The van der Waals surface area contributed by atoms with Gasteiger partial charge in [0.15, 0.2) is 5.75 Å². The Morgan fingerprint density at radius 2 is 1.61 bits per heavy atom. The van der Waals surface area contributed by atoms with Gasteiger partial charge in [-0.2, -0.15) is 0 Å². The maximum Gasteiger partial charge on any atom is 0.308 e. The van der Waals surface area contributed by atoms with Crippen LogP contribution in [0.4, 0.5) is 11.4 Å². The number of rotatable bonds is 2. The summed E-state index contributed by atoms with van der Waals surface area (Å²) in [6.07, 6.45) is 0. The summed E-state index contributed by atoms with van der Waals surface area (Å²) in [5.74, 6) is -0.0204. The van der Waals surface area contributed by atoms with Crippen molar-refractivity contribution in [2.45, 2.75) is 6.92 Å². The van der Waals surface area contributed by atoms with Gasteiger partial charge in [-0.25, -0.2) is 0 Å². The molecule has 0 amide bonds. The van der Waals surface area contributed by atoms with Crippen LogP contribution < -0.4 is 16.2 Å². The Kier molecular flexibility index (Phi) is 3.19. The molecule has 0 aliphatic heterocycles. The van der Waals surface area contributed by atoms with Crippen LogP contribution in [-0.2, 0) is 4.79 Å². The molecule has 0 saturated heterocycles. The second-order valence-electron chi connectivity index (χ2n) is 3.97. The van der Waals surface area contributed by atoms with Crippen molar-refractivity contribution in [3.8, 4) is 16.9 Å². The highest BCUT2D eigenvalue weighted by Gasteiger charge is 2.06. The second kappa shape index (κ2) is 4.79. The molecule has 0 spiro atoms. The molecule has 2 aromatic carbocycles. The molecular formula is C14H14N2O2. The summed E-state index contributed by atoms with van der Waals surface area (Å²) in [6.45, 7) is 1.34. The van der Waals surface area contributed by atoms with E-state index in [0.717, 1.165) is 11.1 Å². The molecule has 4 N–H and O–H groups in total. The maximum absolute atomic E-state index is 11.0. The molecule has 0 aliphatic rings. The van der Waals surface area contributed by atoms with Crippen molar-refractivity contribution in [1.29, 1.82) is 0 Å². The predicted octanol–water partition coefficient (Wildman–Crippen LogP) is 2.44. The highest BCUT2D eigenvalue weighted by Crippen LogP contribution is 2.29. The largest absolute Gasteiger partial charge is 0.424 e. The van der Waals surface area contributed by atoms with Crippen LogP contribution in [0, 0.1) is 0 Å². The number of nitrogens with two attached hydrogens (primary N) is 2. The van der Waals surface area contributed by atoms with E-state index in [1.807, 2.05) is 30.3 Å². The molecule has 0 aromatic heterocycles. The lowest BCUT2D eigenvalue weighted by molar-refractivity contribution is -0.131. The average Bonchev–Trinajstić information content (AvgIpc) is 2.32. The number of carbonyl (C=O) groups is 1. The highest BCUT2D eigenvalue weighted by atomic mass is 16.5. The molecule has 0 fully saturated rings. The van der Waals surface area contributed by atoms with E-state index in [0.29, 0.717) is 17.1 Å². The van der Waals surface area contributed by atoms with Crippen LogP contribution in [0.3, 0.4) is 0 Å². The molecule has 2 rings (SSSR count). The summed E-state index contributed by atoms with van der Waals surface area (Å²) in [5.41, 5.74) is 14.4. The first kappa shape index (κ1) is 12.0. The van der Waals surface area contributed by atoms with Gasteiger partial charge < -0.3 is 16.2 Å². The molecule has 0 radical (unpaired) electrons. The number of hydrogen-bond donors (Lipinski definition) is 2. The fourth-order valence-corrected chi connectivity index (χ4v) is 1.63. The zero-order valence-corrected chi connectivity index (χ0v) is 10.0. The minimum absolute atomic E-state index is 0.372. The normalized spacial score (nSPS) is 10.1. The van der Waals surface area contributed by atoms with E-state index in [2.05, 4.69) is 0 Å². The van der Waals surface area contributed by atoms with Crippen molar-refractivity contribution in [2.24, 2.45) is 0 Å². The molecule has 0 aliphatic carbocycles. The van der Waals surface area contributed by atoms with Gasteiger partial charge >= 0.3 is 5.97 Å². The maximum atomic E-state index is 11.0. The molecule has 0 unspecified atom stereocenters. The number of ether oxygens (including phenoxy) is 1. The molecule has 4 nitrogen and oxygen atoms in total. The summed E-state index contributed by atoms with van der Waals surface area (Å²) in [5, 5.41) is 0. The minimum atomic E-state index is -0.392. The Balaban J connectivity index is 2.40. The predicted molar refractivity (Wildman–Crippen MR) is 72.0 cm³/mol. The lowest BCUT2D eigenvalue weighted by Crippen LogP contribution is -2.04. The molecule has 92 valence electrons. The lowest BCUT2D eigenvalue weighted by Gasteiger charge is -2.08. The Hall–Kier alpha value is -2.49. The molecule has 4 heteroatoms. The first-order valence-corrected chi connectivity index (χ1v) is 5.50. The molecular weight excluding hydrogens is 228 g/mol. The summed E-state index contributed by atoms with van der Waals surface area (Å²) in [6, 6.07) is 12.8. The minimum Gasteiger partial charge on any atom is -0.424 e.